The number of carbonyl (C=O) groups excluding carboxylic acids is 1. The van der Waals surface area contributed by atoms with Gasteiger partial charge in [0.25, 0.3) is 5.91 Å². The molecule has 31 heavy (non-hydrogen) atoms. The van der Waals surface area contributed by atoms with Crippen LogP contribution in [0.1, 0.15) is 11.3 Å². The van der Waals surface area contributed by atoms with Crippen LogP contribution < -0.4 is 19.1 Å². The quantitative estimate of drug-likeness (QED) is 0.554. The summed E-state index contributed by atoms with van der Waals surface area (Å²) < 4.78 is 16.1. The van der Waals surface area contributed by atoms with Crippen molar-refractivity contribution in [2.45, 2.75) is 6.54 Å². The van der Waals surface area contributed by atoms with E-state index in [0.29, 0.717) is 34.2 Å². The van der Waals surface area contributed by atoms with Crippen LogP contribution >= 0.6 is 0 Å². The summed E-state index contributed by atoms with van der Waals surface area (Å²) in [6.07, 6.45) is 4.74. The molecule has 3 aromatic rings. The molecule has 1 amide bonds. The Morgan fingerprint density at radius 3 is 2.26 bits per heavy atom. The number of aromatic nitrogens is 1. The Labute approximate surface area is 181 Å². The Balaban J connectivity index is 1.93. The second-order valence-electron chi connectivity index (χ2n) is 6.53. The highest BCUT2D eigenvalue weighted by Crippen LogP contribution is 2.38. The van der Waals surface area contributed by atoms with Crippen molar-refractivity contribution in [2.24, 2.45) is 0 Å². The topological polar surface area (TPSA) is 81.1 Å². The summed E-state index contributed by atoms with van der Waals surface area (Å²) in [5.74, 6) is 1.13. The van der Waals surface area contributed by atoms with Gasteiger partial charge in [0.15, 0.2) is 11.5 Å². The van der Waals surface area contributed by atoms with E-state index in [2.05, 4.69) is 4.98 Å². The minimum atomic E-state index is -0.319. The van der Waals surface area contributed by atoms with E-state index in [1.165, 1.54) is 38.4 Å². The third-order valence-electron chi connectivity index (χ3n) is 4.59. The van der Waals surface area contributed by atoms with Gasteiger partial charge in [-0.3, -0.25) is 14.7 Å². The number of hydrogen-bond acceptors (Lipinski definition) is 6. The summed E-state index contributed by atoms with van der Waals surface area (Å²) >= 11 is 0. The minimum Gasteiger partial charge on any atom is -0.506 e. The largest absolute Gasteiger partial charge is 0.506 e. The van der Waals surface area contributed by atoms with Crippen LogP contribution in [0.2, 0.25) is 0 Å². The molecule has 7 nitrogen and oxygen atoms in total. The van der Waals surface area contributed by atoms with Crippen LogP contribution in [0.25, 0.3) is 6.08 Å². The van der Waals surface area contributed by atoms with Crippen molar-refractivity contribution in [3.05, 3.63) is 78.1 Å². The van der Waals surface area contributed by atoms with E-state index < -0.39 is 0 Å². The van der Waals surface area contributed by atoms with Crippen LogP contribution in [-0.4, -0.2) is 37.3 Å². The molecule has 7 heteroatoms. The number of para-hydroxylation sites is 2. The number of carbonyl (C=O) groups is 1. The fraction of sp³-hybridized carbons (Fsp3) is 0.167. The summed E-state index contributed by atoms with van der Waals surface area (Å²) in [6.45, 7) is 0.205. The van der Waals surface area contributed by atoms with Gasteiger partial charge in [-0.05, 0) is 48.0 Å². The van der Waals surface area contributed by atoms with Crippen LogP contribution in [0.5, 0.6) is 23.0 Å². The summed E-state index contributed by atoms with van der Waals surface area (Å²) in [4.78, 5) is 18.9. The first-order chi connectivity index (χ1) is 15.1. The van der Waals surface area contributed by atoms with E-state index >= 15 is 0 Å². The second kappa shape index (κ2) is 10.2. The van der Waals surface area contributed by atoms with E-state index in [-0.39, 0.29) is 18.2 Å². The van der Waals surface area contributed by atoms with Crippen molar-refractivity contribution >= 4 is 17.7 Å². The molecule has 0 aliphatic rings. The van der Waals surface area contributed by atoms with Crippen LogP contribution in [0.15, 0.2) is 66.9 Å². The minimum absolute atomic E-state index is 0.00738. The zero-order valence-corrected chi connectivity index (χ0v) is 17.6. The average molecular weight is 420 g/mol. The average Bonchev–Trinajstić information content (AvgIpc) is 2.81. The Morgan fingerprint density at radius 1 is 1.00 bits per heavy atom. The molecule has 0 saturated carbocycles. The first-order valence-corrected chi connectivity index (χ1v) is 9.55. The standard InChI is InChI=1S/C24H24N2O5/c1-29-21-14-17(15-22(30-2)24(21)31-3)11-12-23(28)26(16-18-8-6-7-13-25-18)19-9-4-5-10-20(19)27/h4-15,27H,16H2,1-3H3/b12-11+. The number of rotatable bonds is 8. The van der Waals surface area contributed by atoms with Gasteiger partial charge in [0.2, 0.25) is 5.75 Å². The molecule has 0 aliphatic heterocycles. The number of ether oxygens (including phenoxy) is 3. The van der Waals surface area contributed by atoms with E-state index in [4.69, 9.17) is 14.2 Å². The van der Waals surface area contributed by atoms with Crippen molar-refractivity contribution in [1.29, 1.82) is 0 Å². The van der Waals surface area contributed by atoms with Crippen molar-refractivity contribution in [3.8, 4) is 23.0 Å². The fourth-order valence-electron chi connectivity index (χ4n) is 3.08. The smallest absolute Gasteiger partial charge is 0.251 e. The molecule has 1 heterocycles. The summed E-state index contributed by atoms with van der Waals surface area (Å²) in [5.41, 5.74) is 1.78. The number of amides is 1. The zero-order chi connectivity index (χ0) is 22.2. The maximum atomic E-state index is 13.1. The lowest BCUT2D eigenvalue weighted by atomic mass is 10.1. The normalized spacial score (nSPS) is 10.7. The molecule has 0 radical (unpaired) electrons. The number of benzene rings is 2. The number of hydrogen-bond donors (Lipinski definition) is 1. The van der Waals surface area contributed by atoms with E-state index in [1.807, 2.05) is 12.1 Å². The summed E-state index contributed by atoms with van der Waals surface area (Å²) in [6, 6.07) is 15.7. The van der Waals surface area contributed by atoms with E-state index in [0.717, 1.165) is 0 Å². The van der Waals surface area contributed by atoms with Crippen molar-refractivity contribution < 1.29 is 24.1 Å². The van der Waals surface area contributed by atoms with Gasteiger partial charge in [-0.15, -0.1) is 0 Å². The molecule has 0 bridgehead atoms. The maximum Gasteiger partial charge on any atom is 0.251 e. The first-order valence-electron chi connectivity index (χ1n) is 9.55. The van der Waals surface area contributed by atoms with Gasteiger partial charge in [-0.2, -0.15) is 0 Å². The number of phenols is 1. The number of anilines is 1. The lowest BCUT2D eigenvalue weighted by molar-refractivity contribution is -0.114. The van der Waals surface area contributed by atoms with Crippen LogP contribution in [-0.2, 0) is 11.3 Å². The molecule has 2 aromatic carbocycles. The fourth-order valence-corrected chi connectivity index (χ4v) is 3.08. The molecule has 0 spiro atoms. The first kappa shape index (κ1) is 21.7. The highest BCUT2D eigenvalue weighted by molar-refractivity contribution is 6.04. The Bertz CT molecular complexity index is 1040. The van der Waals surface area contributed by atoms with Gasteiger partial charge in [-0.1, -0.05) is 18.2 Å². The third kappa shape index (κ3) is 5.14. The Kier molecular flexibility index (Phi) is 7.11. The predicted octanol–water partition coefficient (Wildman–Crippen LogP) is 4.06. The lowest BCUT2D eigenvalue weighted by Gasteiger charge is -2.22. The Morgan fingerprint density at radius 2 is 1.68 bits per heavy atom. The molecule has 160 valence electrons. The highest BCUT2D eigenvalue weighted by Gasteiger charge is 2.18. The van der Waals surface area contributed by atoms with Gasteiger partial charge in [0.1, 0.15) is 5.75 Å². The number of phenolic OH excluding ortho intramolecular Hbond substituents is 1. The maximum absolute atomic E-state index is 13.1. The number of pyridine rings is 1. The number of methoxy groups -OCH3 is 3. The predicted molar refractivity (Wildman–Crippen MR) is 119 cm³/mol. The molecular weight excluding hydrogens is 396 g/mol. The molecule has 0 fully saturated rings. The van der Waals surface area contributed by atoms with Crippen LogP contribution in [0.4, 0.5) is 5.69 Å². The molecule has 1 N–H and O–H groups in total. The molecule has 0 aliphatic carbocycles. The van der Waals surface area contributed by atoms with Gasteiger partial charge in [0, 0.05) is 12.3 Å². The third-order valence-corrected chi connectivity index (χ3v) is 4.59. The lowest BCUT2D eigenvalue weighted by Crippen LogP contribution is -2.29. The van der Waals surface area contributed by atoms with E-state index in [1.54, 1.807) is 48.7 Å². The Hall–Kier alpha value is -4.00. The molecule has 0 unspecified atom stereocenters. The molecule has 0 saturated heterocycles. The second-order valence-corrected chi connectivity index (χ2v) is 6.53. The zero-order valence-electron chi connectivity index (χ0n) is 17.6. The molecular formula is C24H24N2O5. The van der Waals surface area contributed by atoms with Crippen molar-refractivity contribution in [1.82, 2.24) is 4.98 Å². The highest BCUT2D eigenvalue weighted by atomic mass is 16.5. The molecule has 0 atom stereocenters. The number of nitrogens with zero attached hydrogens (tertiary/aromatic N) is 2. The van der Waals surface area contributed by atoms with Gasteiger partial charge >= 0.3 is 0 Å². The molecule has 3 rings (SSSR count). The van der Waals surface area contributed by atoms with Crippen molar-refractivity contribution in [2.75, 3.05) is 26.2 Å². The SMILES string of the molecule is COc1cc(/C=C/C(=O)N(Cc2ccccn2)c2ccccc2O)cc(OC)c1OC. The van der Waals surface area contributed by atoms with Crippen LogP contribution in [0.3, 0.4) is 0 Å². The van der Waals surface area contributed by atoms with Gasteiger partial charge in [-0.25, -0.2) is 0 Å². The molecule has 1 aromatic heterocycles. The van der Waals surface area contributed by atoms with Crippen LogP contribution in [0, 0.1) is 0 Å². The summed E-state index contributed by atoms with van der Waals surface area (Å²) in [5, 5.41) is 10.3. The number of aromatic hydroxyl groups is 1. The van der Waals surface area contributed by atoms with Crippen molar-refractivity contribution in [3.63, 3.8) is 0 Å². The van der Waals surface area contributed by atoms with Gasteiger partial charge in [0.05, 0.1) is 39.3 Å². The van der Waals surface area contributed by atoms with Gasteiger partial charge < -0.3 is 19.3 Å². The monoisotopic (exact) mass is 420 g/mol. The summed E-state index contributed by atoms with van der Waals surface area (Å²) in [7, 11) is 4.59. The van der Waals surface area contributed by atoms with E-state index in [9.17, 15) is 9.90 Å².